The smallest absolute Gasteiger partial charge is 0.328 e. The maximum absolute atomic E-state index is 13.9. The first-order valence-corrected chi connectivity index (χ1v) is 15.6. The molecule has 44 heavy (non-hydrogen) atoms. The number of ether oxygens (including phenoxy) is 1. The lowest BCUT2D eigenvalue weighted by Gasteiger charge is -2.40. The summed E-state index contributed by atoms with van der Waals surface area (Å²) in [5.74, 6) is -0.361. The quantitative estimate of drug-likeness (QED) is 0.450. The second kappa shape index (κ2) is 12.4. The first-order valence-electron chi connectivity index (χ1n) is 15.6. The van der Waals surface area contributed by atoms with E-state index in [2.05, 4.69) is 22.8 Å². The fraction of sp³-hybridized carbons (Fsp3) is 0.471. The van der Waals surface area contributed by atoms with E-state index in [9.17, 15) is 19.2 Å². The van der Waals surface area contributed by atoms with Crippen LogP contribution in [0.25, 0.3) is 11.0 Å². The van der Waals surface area contributed by atoms with Gasteiger partial charge in [-0.2, -0.15) is 0 Å². The van der Waals surface area contributed by atoms with Gasteiger partial charge >= 0.3 is 5.69 Å². The number of carbonyl (C=O) groups excluding carboxylic acids is 3. The number of nitrogens with zero attached hydrogens (tertiary/aromatic N) is 3. The van der Waals surface area contributed by atoms with Crippen LogP contribution in [-0.2, 0) is 34.8 Å². The van der Waals surface area contributed by atoms with Crippen molar-refractivity contribution in [1.82, 2.24) is 24.7 Å². The number of aryl methyl sites for hydroxylation is 2. The molecule has 3 amide bonds. The zero-order valence-electron chi connectivity index (χ0n) is 25.5. The van der Waals surface area contributed by atoms with Crippen LogP contribution in [-0.4, -0.2) is 70.1 Å². The number of allylic oxidation sites excluding steroid dienone is 2. The number of benzene rings is 2. The summed E-state index contributed by atoms with van der Waals surface area (Å²) in [5, 5.41) is 6.40. The first kappa shape index (κ1) is 29.9. The second-order valence-electron chi connectivity index (χ2n) is 12.5. The summed E-state index contributed by atoms with van der Waals surface area (Å²) in [7, 11) is 3.43. The van der Waals surface area contributed by atoms with E-state index in [1.54, 1.807) is 35.4 Å². The van der Waals surface area contributed by atoms with E-state index >= 15 is 0 Å². The molecule has 3 aromatic rings. The van der Waals surface area contributed by atoms with Crippen molar-refractivity contribution in [3.63, 3.8) is 0 Å². The molecule has 0 bridgehead atoms. The van der Waals surface area contributed by atoms with Crippen LogP contribution in [0, 0.1) is 11.3 Å². The van der Waals surface area contributed by atoms with E-state index in [0.29, 0.717) is 75.9 Å². The van der Waals surface area contributed by atoms with E-state index in [-0.39, 0.29) is 35.4 Å². The highest BCUT2D eigenvalue weighted by Gasteiger charge is 2.42. The van der Waals surface area contributed by atoms with Crippen LogP contribution in [0.4, 0.5) is 0 Å². The molecule has 0 radical (unpaired) electrons. The Morgan fingerprint density at radius 3 is 2.48 bits per heavy atom. The number of amides is 3. The van der Waals surface area contributed by atoms with Gasteiger partial charge in [0.1, 0.15) is 6.04 Å². The second-order valence-corrected chi connectivity index (χ2v) is 12.5. The largest absolute Gasteiger partial charge is 0.381 e. The minimum atomic E-state index is -0.711. The lowest BCUT2D eigenvalue weighted by atomic mass is 9.75. The Morgan fingerprint density at radius 2 is 1.70 bits per heavy atom. The number of hydrogen-bond acceptors (Lipinski definition) is 5. The van der Waals surface area contributed by atoms with Crippen LogP contribution in [0.1, 0.15) is 48.0 Å². The Hall–Kier alpha value is -4.18. The van der Waals surface area contributed by atoms with Crippen molar-refractivity contribution < 1.29 is 19.1 Å². The molecule has 2 aromatic carbocycles. The van der Waals surface area contributed by atoms with E-state index < -0.39 is 11.5 Å². The molecular formula is C34H41N5O5. The predicted molar refractivity (Wildman–Crippen MR) is 167 cm³/mol. The van der Waals surface area contributed by atoms with Crippen molar-refractivity contribution in [3.8, 4) is 0 Å². The lowest BCUT2D eigenvalue weighted by molar-refractivity contribution is -0.140. The molecule has 3 atom stereocenters. The van der Waals surface area contributed by atoms with Gasteiger partial charge in [-0.1, -0.05) is 42.5 Å². The molecule has 1 spiro atoms. The molecule has 2 N–H and O–H groups in total. The molecule has 6 rings (SSSR count). The van der Waals surface area contributed by atoms with Gasteiger partial charge in [0, 0.05) is 64.3 Å². The zero-order valence-corrected chi connectivity index (χ0v) is 25.5. The van der Waals surface area contributed by atoms with Crippen LogP contribution < -0.4 is 16.3 Å². The zero-order chi connectivity index (χ0) is 30.8. The fourth-order valence-corrected chi connectivity index (χ4v) is 6.99. The summed E-state index contributed by atoms with van der Waals surface area (Å²) in [5.41, 5.74) is 2.26. The third-order valence-electron chi connectivity index (χ3n) is 9.82. The molecule has 1 aromatic heterocycles. The normalized spacial score (nSPS) is 25.0. The number of carbonyl (C=O) groups is 3. The van der Waals surface area contributed by atoms with Gasteiger partial charge in [0.25, 0.3) is 5.91 Å². The van der Waals surface area contributed by atoms with Crippen LogP contribution in [0.2, 0.25) is 0 Å². The van der Waals surface area contributed by atoms with Gasteiger partial charge in [0.2, 0.25) is 11.8 Å². The number of likely N-dealkylation sites (tertiary alicyclic amines) is 1. The van der Waals surface area contributed by atoms with E-state index in [0.717, 1.165) is 11.1 Å². The van der Waals surface area contributed by atoms with Gasteiger partial charge in [-0.25, -0.2) is 4.79 Å². The number of imidazole rings is 1. The molecule has 0 saturated carbocycles. The van der Waals surface area contributed by atoms with Crippen LogP contribution in [0.15, 0.2) is 65.5 Å². The minimum Gasteiger partial charge on any atom is -0.381 e. The third kappa shape index (κ3) is 5.83. The molecule has 4 heterocycles. The van der Waals surface area contributed by atoms with E-state index in [1.807, 2.05) is 41.3 Å². The van der Waals surface area contributed by atoms with Crippen molar-refractivity contribution in [1.29, 1.82) is 0 Å². The molecular weight excluding hydrogens is 558 g/mol. The number of rotatable bonds is 3. The average molecular weight is 600 g/mol. The molecule has 2 fully saturated rings. The predicted octanol–water partition coefficient (Wildman–Crippen LogP) is 2.70. The molecule has 2 saturated heterocycles. The Bertz CT molecular complexity index is 1630. The van der Waals surface area contributed by atoms with Crippen LogP contribution >= 0.6 is 0 Å². The third-order valence-corrected chi connectivity index (χ3v) is 9.82. The highest BCUT2D eigenvalue weighted by Crippen LogP contribution is 2.36. The van der Waals surface area contributed by atoms with Gasteiger partial charge < -0.3 is 20.3 Å². The Labute approximate surface area is 257 Å². The van der Waals surface area contributed by atoms with Gasteiger partial charge in [-0.15, -0.1) is 0 Å². The lowest BCUT2D eigenvalue weighted by Crippen LogP contribution is -2.58. The van der Waals surface area contributed by atoms with Gasteiger partial charge in [-0.3, -0.25) is 23.5 Å². The van der Waals surface area contributed by atoms with E-state index in [4.69, 9.17) is 4.74 Å². The summed E-state index contributed by atoms with van der Waals surface area (Å²) < 4.78 is 8.73. The maximum atomic E-state index is 13.9. The highest BCUT2D eigenvalue weighted by molar-refractivity contribution is 5.97. The summed E-state index contributed by atoms with van der Waals surface area (Å²) in [6.07, 6.45) is 7.68. The fourth-order valence-electron chi connectivity index (χ4n) is 6.99. The number of hydrogen-bond donors (Lipinski definition) is 2. The van der Waals surface area contributed by atoms with Crippen molar-refractivity contribution in [3.05, 3.63) is 82.3 Å². The monoisotopic (exact) mass is 599 g/mol. The summed E-state index contributed by atoms with van der Waals surface area (Å²) >= 11 is 0. The number of piperidine rings is 1. The Balaban J connectivity index is 1.25. The molecule has 232 valence electrons. The number of aromatic nitrogens is 2. The number of fused-ring (bicyclic) bond motifs is 2. The Kier molecular flexibility index (Phi) is 8.44. The van der Waals surface area contributed by atoms with Gasteiger partial charge in [0.15, 0.2) is 0 Å². The van der Waals surface area contributed by atoms with E-state index in [1.165, 1.54) is 0 Å². The molecule has 10 nitrogen and oxygen atoms in total. The first-order chi connectivity index (χ1) is 21.3. The van der Waals surface area contributed by atoms with Crippen molar-refractivity contribution in [2.24, 2.45) is 25.4 Å². The molecule has 3 aliphatic heterocycles. The standard InChI is InChI=1S/C34H41N5O5/c1-37-28-12-11-24(21-29(28)38(2)33(37)43)31(41)39-17-13-26-25(22-39)10-6-7-14-34(15-18-44-19-16-34)32(42)36-27(30(40)35-26)20-23-8-4-3-5-9-23/h3-9,11-12,21,25-27H,10,13-20,22H2,1-2H3,(H,35,40)(H,36,42)/b7-6+/t25-,26+,27+/m0/s1. The van der Waals surface area contributed by atoms with Crippen molar-refractivity contribution in [2.75, 3.05) is 26.3 Å². The Morgan fingerprint density at radius 1 is 0.955 bits per heavy atom. The minimum absolute atomic E-state index is 0.0101. The summed E-state index contributed by atoms with van der Waals surface area (Å²) in [4.78, 5) is 55.6. The van der Waals surface area contributed by atoms with Crippen molar-refractivity contribution >= 4 is 28.8 Å². The van der Waals surface area contributed by atoms with Crippen molar-refractivity contribution in [2.45, 2.75) is 50.6 Å². The molecule has 10 heteroatoms. The average Bonchev–Trinajstić information content (AvgIpc) is 3.26. The van der Waals surface area contributed by atoms with Gasteiger partial charge in [0.05, 0.1) is 16.4 Å². The topological polar surface area (TPSA) is 115 Å². The molecule has 0 aliphatic carbocycles. The summed E-state index contributed by atoms with van der Waals surface area (Å²) in [6.45, 7) is 2.02. The molecule has 0 unspecified atom stereocenters. The SMILES string of the molecule is Cn1c(=O)n(C)c2cc(C(=O)N3CC[C@H]4NC(=O)[C@@H](Cc5ccccc5)NC(=O)C5(C/C=C/C[C@H]4C3)CCOCC5)ccc21. The highest BCUT2D eigenvalue weighted by atomic mass is 16.5. The maximum Gasteiger partial charge on any atom is 0.328 e. The molecule has 3 aliphatic rings. The van der Waals surface area contributed by atoms with Crippen LogP contribution in [0.5, 0.6) is 0 Å². The number of nitrogens with one attached hydrogen (secondary N) is 2. The summed E-state index contributed by atoms with van der Waals surface area (Å²) in [6, 6.07) is 14.3. The van der Waals surface area contributed by atoms with Crippen LogP contribution in [0.3, 0.4) is 0 Å². The van der Waals surface area contributed by atoms with Gasteiger partial charge in [-0.05, 0) is 55.9 Å².